The van der Waals surface area contributed by atoms with Gasteiger partial charge in [0.1, 0.15) is 0 Å². The van der Waals surface area contributed by atoms with Crippen molar-refractivity contribution in [2.75, 3.05) is 9.80 Å². The Labute approximate surface area is 312 Å². The molecular formula is C50H34N2S. The summed E-state index contributed by atoms with van der Waals surface area (Å²) in [4.78, 5) is 4.97. The molecule has 2 heterocycles. The average molecular weight is 695 g/mol. The van der Waals surface area contributed by atoms with E-state index < -0.39 is 0 Å². The van der Waals surface area contributed by atoms with Crippen molar-refractivity contribution in [3.63, 3.8) is 0 Å². The molecule has 0 N–H and O–H groups in total. The fraction of sp³-hybridized carbons (Fsp3) is 0.0400. The fourth-order valence-corrected chi connectivity index (χ4v) is 9.78. The van der Waals surface area contributed by atoms with Crippen molar-refractivity contribution in [3.8, 4) is 0 Å². The molecule has 0 radical (unpaired) electrons. The lowest BCUT2D eigenvalue weighted by molar-refractivity contribution is 0.831. The molecule has 1 aromatic heterocycles. The van der Waals surface area contributed by atoms with Gasteiger partial charge in [-0.15, -0.1) is 11.3 Å². The Balaban J connectivity index is 1.04. The van der Waals surface area contributed by atoms with Crippen molar-refractivity contribution < 1.29 is 0 Å². The molecule has 1 unspecified atom stereocenters. The van der Waals surface area contributed by atoms with Crippen LogP contribution >= 0.6 is 11.3 Å². The third-order valence-corrected chi connectivity index (χ3v) is 12.3. The number of nitrogens with zero attached hydrogens (tertiary/aromatic N) is 2. The Morgan fingerprint density at radius 1 is 0.528 bits per heavy atom. The standard InChI is InChI=1S/C50H34N2S/c1-2-13-36(14-3-1)52-46-20-10-8-18-42(46)44-30-34(24-28-47(44)52)33-22-25-37(26-23-33)51(38-27-29-50-45(32-38)43-19-9-11-21-49(43)53-50)48-31-35-12-4-5-15-39(35)40-16-6-7-17-41(40)48/h1-27,29-32,47H,28H2. The first kappa shape index (κ1) is 30.2. The molecule has 3 heteroatoms. The lowest BCUT2D eigenvalue weighted by Crippen LogP contribution is -2.27. The molecule has 0 spiro atoms. The molecule has 8 aromatic carbocycles. The first-order chi connectivity index (χ1) is 26.3. The predicted molar refractivity (Wildman–Crippen MR) is 228 cm³/mol. The van der Waals surface area contributed by atoms with Crippen LogP contribution in [0, 0.1) is 0 Å². The zero-order valence-corrected chi connectivity index (χ0v) is 29.8. The topological polar surface area (TPSA) is 6.48 Å². The smallest absolute Gasteiger partial charge is 0.0633 e. The molecule has 0 fully saturated rings. The van der Waals surface area contributed by atoms with Crippen LogP contribution in [0.1, 0.15) is 17.5 Å². The fourth-order valence-electron chi connectivity index (χ4n) is 8.70. The minimum atomic E-state index is 0.289. The highest BCUT2D eigenvalue weighted by Crippen LogP contribution is 2.49. The summed E-state index contributed by atoms with van der Waals surface area (Å²) in [6.07, 6.45) is 5.81. The molecule has 9 aromatic rings. The number of fused-ring (bicyclic) bond motifs is 9. The summed E-state index contributed by atoms with van der Waals surface area (Å²) in [5.74, 6) is 0. The van der Waals surface area contributed by atoms with E-state index in [4.69, 9.17) is 0 Å². The molecule has 1 aliphatic carbocycles. The first-order valence-electron chi connectivity index (χ1n) is 18.4. The van der Waals surface area contributed by atoms with Gasteiger partial charge in [0.05, 0.1) is 11.7 Å². The number of hydrogen-bond acceptors (Lipinski definition) is 3. The summed E-state index contributed by atoms with van der Waals surface area (Å²) in [6.45, 7) is 0. The zero-order chi connectivity index (χ0) is 34.9. The van der Waals surface area contributed by atoms with Gasteiger partial charge in [-0.2, -0.15) is 0 Å². The summed E-state index contributed by atoms with van der Waals surface area (Å²) < 4.78 is 2.63. The second-order valence-electron chi connectivity index (χ2n) is 14.1. The number of para-hydroxylation sites is 2. The Morgan fingerprint density at radius 3 is 2.08 bits per heavy atom. The van der Waals surface area contributed by atoms with Crippen LogP contribution in [0.3, 0.4) is 0 Å². The normalized spacial score (nSPS) is 15.1. The van der Waals surface area contributed by atoms with Crippen LogP contribution < -0.4 is 9.80 Å². The maximum Gasteiger partial charge on any atom is 0.0633 e. The number of allylic oxidation sites excluding steroid dienone is 2. The van der Waals surface area contributed by atoms with Crippen molar-refractivity contribution in [1.29, 1.82) is 0 Å². The van der Waals surface area contributed by atoms with Crippen LogP contribution in [0.25, 0.3) is 52.9 Å². The van der Waals surface area contributed by atoms with E-state index in [2.05, 4.69) is 198 Å². The molecule has 0 saturated carbocycles. The molecule has 1 atom stereocenters. The number of thiophene rings is 1. The molecule has 0 amide bonds. The Kier molecular flexibility index (Phi) is 6.89. The van der Waals surface area contributed by atoms with Crippen LogP contribution in [0.4, 0.5) is 28.4 Å². The van der Waals surface area contributed by atoms with Gasteiger partial charge in [0.25, 0.3) is 0 Å². The second-order valence-corrected chi connectivity index (χ2v) is 15.1. The highest BCUT2D eigenvalue weighted by atomic mass is 32.1. The van der Waals surface area contributed by atoms with Gasteiger partial charge in [0.15, 0.2) is 0 Å². The van der Waals surface area contributed by atoms with E-state index in [0.29, 0.717) is 0 Å². The maximum absolute atomic E-state index is 2.51. The average Bonchev–Trinajstić information content (AvgIpc) is 3.77. The monoisotopic (exact) mass is 694 g/mol. The molecule has 53 heavy (non-hydrogen) atoms. The molecule has 1 aliphatic heterocycles. The predicted octanol–water partition coefficient (Wildman–Crippen LogP) is 14.2. The van der Waals surface area contributed by atoms with Crippen molar-refractivity contribution in [1.82, 2.24) is 0 Å². The van der Waals surface area contributed by atoms with Crippen LogP contribution in [-0.2, 0) is 0 Å². The van der Waals surface area contributed by atoms with Gasteiger partial charge < -0.3 is 9.80 Å². The summed E-state index contributed by atoms with van der Waals surface area (Å²) >= 11 is 1.86. The van der Waals surface area contributed by atoms with Gasteiger partial charge >= 0.3 is 0 Å². The van der Waals surface area contributed by atoms with Crippen LogP contribution in [-0.4, -0.2) is 6.04 Å². The Hall–Kier alpha value is -6.42. The highest BCUT2D eigenvalue weighted by Gasteiger charge is 2.35. The third kappa shape index (κ3) is 4.85. The van der Waals surface area contributed by atoms with Gasteiger partial charge in [0, 0.05) is 53.9 Å². The largest absolute Gasteiger partial charge is 0.333 e. The summed E-state index contributed by atoms with van der Waals surface area (Å²) in [6, 6.07) is 64.9. The molecule has 2 aliphatic rings. The number of anilines is 5. The van der Waals surface area contributed by atoms with E-state index >= 15 is 0 Å². The number of rotatable bonds is 5. The molecule has 2 nitrogen and oxygen atoms in total. The minimum Gasteiger partial charge on any atom is -0.333 e. The van der Waals surface area contributed by atoms with E-state index in [1.807, 2.05) is 11.3 Å². The van der Waals surface area contributed by atoms with E-state index in [1.165, 1.54) is 81.1 Å². The Morgan fingerprint density at radius 2 is 1.21 bits per heavy atom. The van der Waals surface area contributed by atoms with E-state index in [-0.39, 0.29) is 6.04 Å². The third-order valence-electron chi connectivity index (χ3n) is 11.1. The zero-order valence-electron chi connectivity index (χ0n) is 29.0. The van der Waals surface area contributed by atoms with Gasteiger partial charge in [-0.3, -0.25) is 0 Å². The van der Waals surface area contributed by atoms with Crippen LogP contribution in [0.15, 0.2) is 188 Å². The van der Waals surface area contributed by atoms with Crippen LogP contribution in [0.2, 0.25) is 0 Å². The first-order valence-corrected chi connectivity index (χ1v) is 19.2. The van der Waals surface area contributed by atoms with E-state index in [9.17, 15) is 0 Å². The van der Waals surface area contributed by atoms with Gasteiger partial charge in [-0.05, 0) is 106 Å². The lowest BCUT2D eigenvalue weighted by atomic mass is 9.89. The van der Waals surface area contributed by atoms with Crippen molar-refractivity contribution in [2.45, 2.75) is 12.5 Å². The van der Waals surface area contributed by atoms with Crippen LogP contribution in [0.5, 0.6) is 0 Å². The molecule has 11 rings (SSSR count). The highest BCUT2D eigenvalue weighted by molar-refractivity contribution is 7.25. The van der Waals surface area contributed by atoms with Crippen molar-refractivity contribution in [3.05, 3.63) is 199 Å². The quantitative estimate of drug-likeness (QED) is 0.166. The van der Waals surface area contributed by atoms with E-state index in [0.717, 1.165) is 17.8 Å². The molecular weight excluding hydrogens is 661 g/mol. The minimum absolute atomic E-state index is 0.289. The molecule has 250 valence electrons. The van der Waals surface area contributed by atoms with Crippen molar-refractivity contribution in [2.24, 2.45) is 0 Å². The van der Waals surface area contributed by atoms with Gasteiger partial charge in [-0.25, -0.2) is 0 Å². The number of benzene rings is 8. The summed E-state index contributed by atoms with van der Waals surface area (Å²) in [5, 5.41) is 7.61. The summed E-state index contributed by atoms with van der Waals surface area (Å²) in [7, 11) is 0. The lowest BCUT2D eigenvalue weighted by Gasteiger charge is -2.30. The molecule has 0 saturated heterocycles. The summed E-state index contributed by atoms with van der Waals surface area (Å²) in [5.41, 5.74) is 11.2. The second kappa shape index (κ2) is 12.1. The van der Waals surface area contributed by atoms with Gasteiger partial charge in [-0.1, -0.05) is 121 Å². The van der Waals surface area contributed by atoms with Crippen molar-refractivity contribution >= 4 is 92.6 Å². The SMILES string of the molecule is C1=C(c2ccc(N(c3ccc4sc5ccccc5c4c3)c3cc4ccccc4c4ccccc34)cc2)C=C2c3ccccc3N(c3ccccc3)C2C1. The van der Waals surface area contributed by atoms with Gasteiger partial charge in [0.2, 0.25) is 0 Å². The maximum atomic E-state index is 2.51. The Bertz CT molecular complexity index is 2930. The van der Waals surface area contributed by atoms with E-state index in [1.54, 1.807) is 0 Å². The molecule has 0 bridgehead atoms. The number of hydrogen-bond donors (Lipinski definition) is 0.